The topological polar surface area (TPSA) is 50.2 Å². The third-order valence-electron chi connectivity index (χ3n) is 4.06. The summed E-state index contributed by atoms with van der Waals surface area (Å²) in [5.41, 5.74) is -0.0128. The highest BCUT2D eigenvalue weighted by Crippen LogP contribution is 2.32. The van der Waals surface area contributed by atoms with Crippen molar-refractivity contribution in [2.24, 2.45) is 7.05 Å². The Morgan fingerprint density at radius 3 is 2.48 bits per heavy atom. The van der Waals surface area contributed by atoms with Crippen molar-refractivity contribution >= 4 is 28.9 Å². The maximum atomic E-state index is 12.8. The SMILES string of the molecule is Cn1nc(C(=O)Nc2ccc(N3CCCC3)c(Cl)c2)cc1C(F)(F)F. The van der Waals surface area contributed by atoms with Crippen molar-refractivity contribution in [1.82, 2.24) is 9.78 Å². The van der Waals surface area contributed by atoms with E-state index in [1.165, 1.54) is 0 Å². The van der Waals surface area contributed by atoms with E-state index in [1.807, 2.05) is 0 Å². The highest BCUT2D eigenvalue weighted by molar-refractivity contribution is 6.33. The molecule has 1 saturated heterocycles. The monoisotopic (exact) mass is 372 g/mol. The largest absolute Gasteiger partial charge is 0.433 e. The number of amides is 1. The van der Waals surface area contributed by atoms with Gasteiger partial charge in [0, 0.05) is 31.9 Å². The zero-order valence-electron chi connectivity index (χ0n) is 13.4. The molecule has 0 bridgehead atoms. The van der Waals surface area contributed by atoms with Crippen molar-refractivity contribution in [3.63, 3.8) is 0 Å². The molecule has 0 saturated carbocycles. The normalized spacial score (nSPS) is 14.8. The fourth-order valence-corrected chi connectivity index (χ4v) is 3.14. The number of hydrogen-bond donors (Lipinski definition) is 1. The van der Waals surface area contributed by atoms with Gasteiger partial charge in [-0.1, -0.05) is 11.6 Å². The molecule has 134 valence electrons. The molecule has 0 spiro atoms. The number of nitrogens with one attached hydrogen (secondary N) is 1. The van der Waals surface area contributed by atoms with Crippen LogP contribution in [-0.2, 0) is 13.2 Å². The lowest BCUT2D eigenvalue weighted by Gasteiger charge is -2.19. The number of alkyl halides is 3. The Kier molecular flexibility index (Phi) is 4.64. The third kappa shape index (κ3) is 3.73. The lowest BCUT2D eigenvalue weighted by Crippen LogP contribution is -2.18. The molecule has 9 heteroatoms. The number of aryl methyl sites for hydroxylation is 1. The molecule has 1 aromatic heterocycles. The Morgan fingerprint density at radius 1 is 1.24 bits per heavy atom. The number of rotatable bonds is 3. The summed E-state index contributed by atoms with van der Waals surface area (Å²) in [5, 5.41) is 6.63. The van der Waals surface area contributed by atoms with Crippen LogP contribution in [-0.4, -0.2) is 28.8 Å². The van der Waals surface area contributed by atoms with E-state index in [0.717, 1.165) is 44.7 Å². The maximum Gasteiger partial charge on any atom is 0.433 e. The van der Waals surface area contributed by atoms with Gasteiger partial charge >= 0.3 is 6.18 Å². The quantitative estimate of drug-likeness (QED) is 0.887. The zero-order chi connectivity index (χ0) is 18.2. The van der Waals surface area contributed by atoms with Gasteiger partial charge in [0.25, 0.3) is 5.91 Å². The molecular formula is C16H16ClF3N4O. The average molecular weight is 373 g/mol. The van der Waals surface area contributed by atoms with Crippen molar-refractivity contribution in [2.75, 3.05) is 23.3 Å². The Morgan fingerprint density at radius 2 is 1.92 bits per heavy atom. The number of nitrogens with zero attached hydrogens (tertiary/aromatic N) is 3. The van der Waals surface area contributed by atoms with Gasteiger partial charge in [-0.15, -0.1) is 0 Å². The summed E-state index contributed by atoms with van der Waals surface area (Å²) < 4.78 is 39.0. The van der Waals surface area contributed by atoms with Crippen LogP contribution in [0.4, 0.5) is 24.5 Å². The number of benzene rings is 1. The fourth-order valence-electron chi connectivity index (χ4n) is 2.84. The van der Waals surface area contributed by atoms with E-state index >= 15 is 0 Å². The van der Waals surface area contributed by atoms with Gasteiger partial charge in [-0.25, -0.2) is 0 Å². The van der Waals surface area contributed by atoms with Gasteiger partial charge in [-0.3, -0.25) is 9.48 Å². The number of hydrogen-bond acceptors (Lipinski definition) is 3. The maximum absolute atomic E-state index is 12.8. The van der Waals surface area contributed by atoms with Gasteiger partial charge in [0.15, 0.2) is 5.69 Å². The summed E-state index contributed by atoms with van der Waals surface area (Å²) in [5.74, 6) is -0.726. The number of aromatic nitrogens is 2. The highest BCUT2D eigenvalue weighted by atomic mass is 35.5. The standard InChI is InChI=1S/C16H16ClF3N4O/c1-23-14(16(18,19)20)9-12(22-23)15(25)21-10-4-5-13(11(17)8-10)24-6-2-3-7-24/h4-5,8-9H,2-3,6-7H2,1H3,(H,21,25). The summed E-state index contributed by atoms with van der Waals surface area (Å²) in [6.45, 7) is 1.86. The zero-order valence-corrected chi connectivity index (χ0v) is 14.2. The molecule has 0 radical (unpaired) electrons. The Bertz CT molecular complexity index is 797. The molecule has 1 amide bonds. The lowest BCUT2D eigenvalue weighted by molar-refractivity contribution is -0.143. The van der Waals surface area contributed by atoms with Crippen LogP contribution in [0, 0.1) is 0 Å². The van der Waals surface area contributed by atoms with Crippen molar-refractivity contribution in [3.05, 3.63) is 40.7 Å². The van der Waals surface area contributed by atoms with Crippen molar-refractivity contribution in [1.29, 1.82) is 0 Å². The van der Waals surface area contributed by atoms with Gasteiger partial charge in [0.1, 0.15) is 5.69 Å². The first-order valence-electron chi connectivity index (χ1n) is 7.73. The Labute approximate surface area is 147 Å². The number of carbonyl (C=O) groups excluding carboxylic acids is 1. The second-order valence-corrected chi connectivity index (χ2v) is 6.26. The molecule has 2 aromatic rings. The van der Waals surface area contributed by atoms with Crippen LogP contribution in [0.3, 0.4) is 0 Å². The molecule has 1 aliphatic rings. The molecule has 25 heavy (non-hydrogen) atoms. The minimum Gasteiger partial charge on any atom is -0.370 e. The molecule has 1 aromatic carbocycles. The third-order valence-corrected chi connectivity index (χ3v) is 4.36. The molecular weight excluding hydrogens is 357 g/mol. The van der Waals surface area contributed by atoms with E-state index in [1.54, 1.807) is 18.2 Å². The number of carbonyl (C=O) groups is 1. The van der Waals surface area contributed by atoms with Crippen LogP contribution in [0.5, 0.6) is 0 Å². The van der Waals surface area contributed by atoms with Crippen LogP contribution in [0.1, 0.15) is 29.0 Å². The van der Waals surface area contributed by atoms with E-state index < -0.39 is 17.8 Å². The van der Waals surface area contributed by atoms with Gasteiger partial charge in [-0.05, 0) is 31.0 Å². The van der Waals surface area contributed by atoms with Crippen LogP contribution < -0.4 is 10.2 Å². The van der Waals surface area contributed by atoms with Gasteiger partial charge in [0.05, 0.1) is 10.7 Å². The first kappa shape index (κ1) is 17.6. The molecule has 0 atom stereocenters. The van der Waals surface area contributed by atoms with Gasteiger partial charge in [-0.2, -0.15) is 18.3 Å². The first-order chi connectivity index (χ1) is 11.8. The van der Waals surface area contributed by atoms with Crippen LogP contribution in [0.25, 0.3) is 0 Å². The minimum atomic E-state index is -4.57. The van der Waals surface area contributed by atoms with E-state index in [0.29, 0.717) is 15.4 Å². The highest BCUT2D eigenvalue weighted by Gasteiger charge is 2.35. The van der Waals surface area contributed by atoms with Gasteiger partial charge in [0.2, 0.25) is 0 Å². The van der Waals surface area contributed by atoms with Gasteiger partial charge < -0.3 is 10.2 Å². The molecule has 1 N–H and O–H groups in total. The summed E-state index contributed by atoms with van der Waals surface area (Å²) >= 11 is 6.27. The summed E-state index contributed by atoms with van der Waals surface area (Å²) in [7, 11) is 1.14. The Balaban J connectivity index is 1.76. The summed E-state index contributed by atoms with van der Waals surface area (Å²) in [6.07, 6.45) is -2.35. The fraction of sp³-hybridized carbons (Fsp3) is 0.375. The molecule has 5 nitrogen and oxygen atoms in total. The van der Waals surface area contributed by atoms with E-state index in [9.17, 15) is 18.0 Å². The predicted octanol–water partition coefficient (Wildman–Crippen LogP) is 3.94. The van der Waals surface area contributed by atoms with E-state index in [4.69, 9.17) is 11.6 Å². The van der Waals surface area contributed by atoms with Crippen molar-refractivity contribution in [3.8, 4) is 0 Å². The average Bonchev–Trinajstić information content (AvgIpc) is 3.16. The van der Waals surface area contributed by atoms with Crippen LogP contribution in [0.2, 0.25) is 5.02 Å². The summed E-state index contributed by atoms with van der Waals surface area (Å²) in [4.78, 5) is 14.3. The molecule has 2 heterocycles. The van der Waals surface area contributed by atoms with Crippen LogP contribution in [0.15, 0.2) is 24.3 Å². The van der Waals surface area contributed by atoms with Crippen molar-refractivity contribution < 1.29 is 18.0 Å². The molecule has 1 fully saturated rings. The smallest absolute Gasteiger partial charge is 0.370 e. The molecule has 3 rings (SSSR count). The van der Waals surface area contributed by atoms with Crippen molar-refractivity contribution in [2.45, 2.75) is 19.0 Å². The predicted molar refractivity (Wildman–Crippen MR) is 89.1 cm³/mol. The second kappa shape index (κ2) is 6.59. The second-order valence-electron chi connectivity index (χ2n) is 5.85. The van der Waals surface area contributed by atoms with E-state index in [-0.39, 0.29) is 5.69 Å². The molecule has 1 aliphatic heterocycles. The Hall–Kier alpha value is -2.22. The van der Waals surface area contributed by atoms with Crippen LogP contribution >= 0.6 is 11.6 Å². The van der Waals surface area contributed by atoms with E-state index in [2.05, 4.69) is 15.3 Å². The minimum absolute atomic E-state index is 0.311. The molecule has 0 unspecified atom stereocenters. The first-order valence-corrected chi connectivity index (χ1v) is 8.10. The number of anilines is 2. The molecule has 0 aliphatic carbocycles. The number of halogens is 4. The lowest BCUT2D eigenvalue weighted by atomic mass is 10.2. The summed E-state index contributed by atoms with van der Waals surface area (Å²) in [6, 6.07) is 5.77.